The molecule has 0 amide bonds. The number of carbonyl (C=O) groups is 1. The van der Waals surface area contributed by atoms with E-state index in [9.17, 15) is 9.18 Å². The summed E-state index contributed by atoms with van der Waals surface area (Å²) in [4.78, 5) is 12.0. The molecule has 23 heavy (non-hydrogen) atoms. The van der Waals surface area contributed by atoms with Gasteiger partial charge in [-0.15, -0.1) is 10.2 Å². The second kappa shape index (κ2) is 7.15. The van der Waals surface area contributed by atoms with Crippen LogP contribution in [-0.2, 0) is 0 Å². The van der Waals surface area contributed by atoms with Gasteiger partial charge in [0, 0.05) is 11.1 Å². The molecule has 3 rings (SSSR count). The molecule has 0 saturated carbocycles. The van der Waals surface area contributed by atoms with Crippen molar-refractivity contribution in [3.05, 3.63) is 78.1 Å². The van der Waals surface area contributed by atoms with E-state index in [1.165, 1.54) is 36.0 Å². The molecule has 0 bridgehead atoms. The minimum Gasteiger partial charge on any atom is -0.293 e. The molecule has 1 heterocycles. The highest BCUT2D eigenvalue weighted by Gasteiger charge is 2.08. The van der Waals surface area contributed by atoms with E-state index >= 15 is 0 Å². The smallest absolute Gasteiger partial charge is 0.173 e. The maximum atomic E-state index is 12.8. The second-order valence-corrected chi connectivity index (χ2v) is 5.84. The number of benzene rings is 2. The van der Waals surface area contributed by atoms with Crippen LogP contribution >= 0.6 is 11.8 Å². The van der Waals surface area contributed by atoms with Gasteiger partial charge in [-0.25, -0.2) is 4.39 Å². The monoisotopic (exact) mass is 324 g/mol. The first kappa shape index (κ1) is 15.4. The van der Waals surface area contributed by atoms with Crippen LogP contribution in [0.3, 0.4) is 0 Å². The van der Waals surface area contributed by atoms with Crippen LogP contribution in [0.2, 0.25) is 0 Å². The zero-order valence-corrected chi connectivity index (χ0v) is 13.0. The Kier molecular flexibility index (Phi) is 4.78. The predicted octanol–water partition coefficient (Wildman–Crippen LogP) is 4.26. The van der Waals surface area contributed by atoms with E-state index in [2.05, 4.69) is 10.2 Å². The fourth-order valence-electron chi connectivity index (χ4n) is 2.02. The molecule has 0 spiro atoms. The highest BCUT2D eigenvalue weighted by atomic mass is 32.2. The molecular formula is C18H13FN2OS. The Balaban J connectivity index is 1.62. The predicted molar refractivity (Wildman–Crippen MR) is 88.9 cm³/mol. The third-order valence-electron chi connectivity index (χ3n) is 3.23. The maximum absolute atomic E-state index is 12.8. The fraction of sp³-hybridized carbons (Fsp3) is 0.0556. The van der Waals surface area contributed by atoms with Crippen LogP contribution in [0.1, 0.15) is 10.4 Å². The molecule has 114 valence electrons. The normalized spacial score (nSPS) is 10.5. The van der Waals surface area contributed by atoms with Crippen molar-refractivity contribution in [2.75, 3.05) is 5.75 Å². The summed E-state index contributed by atoms with van der Waals surface area (Å²) in [7, 11) is 0. The van der Waals surface area contributed by atoms with Gasteiger partial charge in [0.2, 0.25) is 0 Å². The molecular weight excluding hydrogens is 311 g/mol. The molecule has 0 atom stereocenters. The Morgan fingerprint density at radius 1 is 0.913 bits per heavy atom. The van der Waals surface area contributed by atoms with Crippen LogP contribution in [0, 0.1) is 5.82 Å². The second-order valence-electron chi connectivity index (χ2n) is 4.84. The Labute approximate surface area is 137 Å². The molecule has 0 aliphatic carbocycles. The molecule has 0 N–H and O–H groups in total. The summed E-state index contributed by atoms with van der Waals surface area (Å²) < 4.78 is 12.8. The van der Waals surface area contributed by atoms with Gasteiger partial charge in [-0.1, -0.05) is 42.1 Å². The Morgan fingerprint density at radius 3 is 2.30 bits per heavy atom. The minimum absolute atomic E-state index is 0.0658. The summed E-state index contributed by atoms with van der Waals surface area (Å²) in [6.45, 7) is 0. The van der Waals surface area contributed by atoms with Crippen molar-refractivity contribution < 1.29 is 9.18 Å². The number of halogens is 1. The van der Waals surface area contributed by atoms with E-state index in [-0.39, 0.29) is 17.4 Å². The van der Waals surface area contributed by atoms with E-state index in [4.69, 9.17) is 0 Å². The van der Waals surface area contributed by atoms with E-state index in [0.29, 0.717) is 10.6 Å². The van der Waals surface area contributed by atoms with Crippen LogP contribution in [0.15, 0.2) is 71.8 Å². The van der Waals surface area contributed by atoms with Gasteiger partial charge in [-0.2, -0.15) is 0 Å². The summed E-state index contributed by atoms with van der Waals surface area (Å²) in [5.74, 6) is -0.175. The highest BCUT2D eigenvalue weighted by Crippen LogP contribution is 2.20. The van der Waals surface area contributed by atoms with Crippen LogP contribution < -0.4 is 0 Å². The maximum Gasteiger partial charge on any atom is 0.173 e. The van der Waals surface area contributed by atoms with E-state index in [1.54, 1.807) is 0 Å². The SMILES string of the molecule is O=C(CSc1ccc(-c2ccccc2)nn1)c1ccc(F)cc1. The van der Waals surface area contributed by atoms with Crippen molar-refractivity contribution in [1.29, 1.82) is 0 Å². The first-order valence-corrected chi connectivity index (χ1v) is 8.02. The van der Waals surface area contributed by atoms with E-state index in [0.717, 1.165) is 11.3 Å². The summed E-state index contributed by atoms with van der Waals surface area (Å²) in [6, 6.07) is 19.0. The molecule has 0 aliphatic rings. The molecule has 0 unspecified atom stereocenters. The van der Waals surface area contributed by atoms with Crippen LogP contribution in [0.5, 0.6) is 0 Å². The third-order valence-corrected chi connectivity index (χ3v) is 4.15. The van der Waals surface area contributed by atoms with Gasteiger partial charge in [0.15, 0.2) is 5.78 Å². The van der Waals surface area contributed by atoms with Crippen LogP contribution in [-0.4, -0.2) is 21.7 Å². The number of aromatic nitrogens is 2. The van der Waals surface area contributed by atoms with Crippen LogP contribution in [0.25, 0.3) is 11.3 Å². The molecule has 0 fully saturated rings. The number of thioether (sulfide) groups is 1. The lowest BCUT2D eigenvalue weighted by Crippen LogP contribution is -2.02. The number of ketones is 1. The standard InChI is InChI=1S/C18H13FN2OS/c19-15-8-6-14(7-9-15)17(22)12-23-18-11-10-16(20-21-18)13-4-2-1-3-5-13/h1-11H,12H2. The molecule has 3 nitrogen and oxygen atoms in total. The summed E-state index contributed by atoms with van der Waals surface area (Å²) in [5.41, 5.74) is 2.28. The molecule has 1 aromatic heterocycles. The summed E-state index contributed by atoms with van der Waals surface area (Å²) in [6.07, 6.45) is 0. The number of carbonyl (C=O) groups excluding carboxylic acids is 1. The summed E-state index contributed by atoms with van der Waals surface area (Å²) >= 11 is 1.31. The van der Waals surface area contributed by atoms with Gasteiger partial charge < -0.3 is 0 Å². The summed E-state index contributed by atoms with van der Waals surface area (Å²) in [5, 5.41) is 9.00. The molecule has 0 radical (unpaired) electrons. The largest absolute Gasteiger partial charge is 0.293 e. The zero-order valence-electron chi connectivity index (χ0n) is 12.1. The van der Waals surface area contributed by atoms with Crippen LogP contribution in [0.4, 0.5) is 4.39 Å². The lowest BCUT2D eigenvalue weighted by molar-refractivity contribution is 0.102. The topological polar surface area (TPSA) is 42.9 Å². The number of Topliss-reactive ketones (excluding diaryl/α,β-unsaturated/α-hetero) is 1. The molecule has 5 heteroatoms. The molecule has 3 aromatic rings. The molecule has 0 aliphatic heterocycles. The van der Waals surface area contributed by atoms with Crippen molar-refractivity contribution >= 4 is 17.5 Å². The van der Waals surface area contributed by atoms with Gasteiger partial charge in [0.05, 0.1) is 11.4 Å². The molecule has 2 aromatic carbocycles. The van der Waals surface area contributed by atoms with E-state index < -0.39 is 0 Å². The average Bonchev–Trinajstić information content (AvgIpc) is 2.61. The fourth-order valence-corrected chi connectivity index (χ4v) is 2.73. The van der Waals surface area contributed by atoms with Gasteiger partial charge in [-0.05, 0) is 36.4 Å². The van der Waals surface area contributed by atoms with Gasteiger partial charge >= 0.3 is 0 Å². The number of nitrogens with zero attached hydrogens (tertiary/aromatic N) is 2. The number of rotatable bonds is 5. The van der Waals surface area contributed by atoms with Gasteiger partial charge in [-0.3, -0.25) is 4.79 Å². The highest BCUT2D eigenvalue weighted by molar-refractivity contribution is 7.99. The lowest BCUT2D eigenvalue weighted by Gasteiger charge is -2.03. The van der Waals surface area contributed by atoms with Crippen molar-refractivity contribution in [2.24, 2.45) is 0 Å². The van der Waals surface area contributed by atoms with Crippen molar-refractivity contribution in [1.82, 2.24) is 10.2 Å². The van der Waals surface area contributed by atoms with Crippen molar-refractivity contribution in [2.45, 2.75) is 5.03 Å². The Morgan fingerprint density at radius 2 is 1.65 bits per heavy atom. The Hall–Kier alpha value is -2.53. The lowest BCUT2D eigenvalue weighted by atomic mass is 10.1. The van der Waals surface area contributed by atoms with Gasteiger partial charge in [0.25, 0.3) is 0 Å². The van der Waals surface area contributed by atoms with Crippen molar-refractivity contribution in [3.8, 4) is 11.3 Å². The van der Waals surface area contributed by atoms with E-state index in [1.807, 2.05) is 42.5 Å². The average molecular weight is 324 g/mol. The quantitative estimate of drug-likeness (QED) is 0.519. The first-order valence-electron chi connectivity index (χ1n) is 7.03. The number of hydrogen-bond donors (Lipinski definition) is 0. The Bertz CT molecular complexity index is 790. The first-order chi connectivity index (χ1) is 11.2. The minimum atomic E-state index is -0.350. The van der Waals surface area contributed by atoms with Crippen molar-refractivity contribution in [3.63, 3.8) is 0 Å². The molecule has 0 saturated heterocycles. The van der Waals surface area contributed by atoms with Gasteiger partial charge in [0.1, 0.15) is 10.8 Å². The zero-order chi connectivity index (χ0) is 16.1. The number of hydrogen-bond acceptors (Lipinski definition) is 4. The third kappa shape index (κ3) is 4.02.